The molecule has 1 aromatic carbocycles. The third-order valence-corrected chi connectivity index (χ3v) is 3.90. The highest BCUT2D eigenvalue weighted by molar-refractivity contribution is 5.38. The first-order valence-electron chi connectivity index (χ1n) is 8.00. The highest BCUT2D eigenvalue weighted by atomic mass is 16.5. The molecule has 1 aliphatic rings. The second-order valence-corrected chi connectivity index (χ2v) is 5.65. The van der Waals surface area contributed by atoms with Gasteiger partial charge in [-0.05, 0) is 18.5 Å². The summed E-state index contributed by atoms with van der Waals surface area (Å²) < 4.78 is 7.33. The SMILES string of the molecule is c1ccc(Cn2cc(NCCCN3CCOCC3)cn2)cc1. The molecular formula is C17H24N4O. The molecule has 1 aliphatic heterocycles. The fourth-order valence-electron chi connectivity index (χ4n) is 2.67. The molecule has 0 atom stereocenters. The molecule has 0 aliphatic carbocycles. The van der Waals surface area contributed by atoms with E-state index >= 15 is 0 Å². The minimum atomic E-state index is 0.816. The molecule has 2 aromatic rings. The van der Waals surface area contributed by atoms with Crippen LogP contribution in [0.3, 0.4) is 0 Å². The molecule has 0 unspecified atom stereocenters. The Hall–Kier alpha value is -1.85. The number of hydrogen-bond donors (Lipinski definition) is 1. The van der Waals surface area contributed by atoms with Gasteiger partial charge in [-0.25, -0.2) is 0 Å². The summed E-state index contributed by atoms with van der Waals surface area (Å²) in [6.07, 6.45) is 5.11. The van der Waals surface area contributed by atoms with Crippen molar-refractivity contribution in [2.45, 2.75) is 13.0 Å². The summed E-state index contributed by atoms with van der Waals surface area (Å²) in [6.45, 7) is 6.81. The van der Waals surface area contributed by atoms with Crippen LogP contribution in [0.2, 0.25) is 0 Å². The van der Waals surface area contributed by atoms with E-state index < -0.39 is 0 Å². The molecule has 0 bridgehead atoms. The molecule has 1 aromatic heterocycles. The quantitative estimate of drug-likeness (QED) is 0.795. The lowest BCUT2D eigenvalue weighted by Crippen LogP contribution is -2.37. The van der Waals surface area contributed by atoms with Gasteiger partial charge in [0.25, 0.3) is 0 Å². The Morgan fingerprint density at radius 2 is 1.95 bits per heavy atom. The number of aromatic nitrogens is 2. The molecule has 3 rings (SSSR count). The fraction of sp³-hybridized carbons (Fsp3) is 0.471. The van der Waals surface area contributed by atoms with Gasteiger partial charge in [0, 0.05) is 25.8 Å². The second-order valence-electron chi connectivity index (χ2n) is 5.65. The molecule has 0 saturated carbocycles. The van der Waals surface area contributed by atoms with Crippen molar-refractivity contribution < 1.29 is 4.74 Å². The Labute approximate surface area is 131 Å². The van der Waals surface area contributed by atoms with Crippen molar-refractivity contribution in [2.24, 2.45) is 0 Å². The summed E-state index contributed by atoms with van der Waals surface area (Å²) in [6, 6.07) is 10.4. The van der Waals surface area contributed by atoms with Gasteiger partial charge in [-0.1, -0.05) is 30.3 Å². The minimum Gasteiger partial charge on any atom is -0.382 e. The molecule has 2 heterocycles. The van der Waals surface area contributed by atoms with Crippen molar-refractivity contribution in [3.8, 4) is 0 Å². The lowest BCUT2D eigenvalue weighted by Gasteiger charge is -2.26. The van der Waals surface area contributed by atoms with Gasteiger partial charge in [0.05, 0.1) is 31.6 Å². The highest BCUT2D eigenvalue weighted by Gasteiger charge is 2.09. The Morgan fingerprint density at radius 3 is 2.77 bits per heavy atom. The molecule has 22 heavy (non-hydrogen) atoms. The van der Waals surface area contributed by atoms with E-state index in [4.69, 9.17) is 4.74 Å². The first-order valence-corrected chi connectivity index (χ1v) is 8.00. The van der Waals surface area contributed by atoms with Crippen LogP contribution in [0.15, 0.2) is 42.7 Å². The van der Waals surface area contributed by atoms with E-state index in [1.165, 1.54) is 5.56 Å². The Kier molecular flexibility index (Phi) is 5.45. The van der Waals surface area contributed by atoms with Crippen LogP contribution < -0.4 is 5.32 Å². The first-order chi connectivity index (χ1) is 10.9. The largest absolute Gasteiger partial charge is 0.382 e. The fourth-order valence-corrected chi connectivity index (χ4v) is 2.67. The number of ether oxygens (including phenoxy) is 1. The van der Waals surface area contributed by atoms with Gasteiger partial charge < -0.3 is 10.1 Å². The molecule has 0 radical (unpaired) electrons. The number of benzene rings is 1. The Balaban J connectivity index is 1.38. The molecule has 0 spiro atoms. The highest BCUT2D eigenvalue weighted by Crippen LogP contribution is 2.08. The number of hydrogen-bond acceptors (Lipinski definition) is 4. The predicted octanol–water partition coefficient (Wildman–Crippen LogP) is 2.07. The zero-order chi connectivity index (χ0) is 15.0. The predicted molar refractivity (Wildman–Crippen MR) is 88.1 cm³/mol. The van der Waals surface area contributed by atoms with Crippen molar-refractivity contribution >= 4 is 5.69 Å². The maximum absolute atomic E-state index is 5.36. The summed E-state index contributed by atoms with van der Waals surface area (Å²) in [4.78, 5) is 2.46. The maximum atomic E-state index is 5.36. The van der Waals surface area contributed by atoms with E-state index in [1.54, 1.807) is 0 Å². The topological polar surface area (TPSA) is 42.3 Å². The lowest BCUT2D eigenvalue weighted by atomic mass is 10.2. The Bertz CT molecular complexity index is 549. The van der Waals surface area contributed by atoms with Crippen LogP contribution in [0.5, 0.6) is 0 Å². The van der Waals surface area contributed by atoms with Gasteiger partial charge >= 0.3 is 0 Å². The van der Waals surface area contributed by atoms with Gasteiger partial charge in [0.15, 0.2) is 0 Å². The van der Waals surface area contributed by atoms with Crippen molar-refractivity contribution in [1.82, 2.24) is 14.7 Å². The van der Waals surface area contributed by atoms with E-state index in [-0.39, 0.29) is 0 Å². The average molecular weight is 300 g/mol. The Morgan fingerprint density at radius 1 is 1.14 bits per heavy atom. The zero-order valence-electron chi connectivity index (χ0n) is 12.9. The second kappa shape index (κ2) is 7.96. The van der Waals surface area contributed by atoms with Gasteiger partial charge in [-0.3, -0.25) is 9.58 Å². The average Bonchev–Trinajstić information content (AvgIpc) is 3.01. The number of nitrogens with zero attached hydrogens (tertiary/aromatic N) is 3. The van der Waals surface area contributed by atoms with Gasteiger partial charge in [-0.2, -0.15) is 5.10 Å². The van der Waals surface area contributed by atoms with E-state index in [0.29, 0.717) is 0 Å². The molecule has 0 amide bonds. The molecule has 1 fully saturated rings. The molecule has 5 heteroatoms. The van der Waals surface area contributed by atoms with Gasteiger partial charge in [-0.15, -0.1) is 0 Å². The van der Waals surface area contributed by atoms with E-state index in [1.807, 2.05) is 16.9 Å². The van der Waals surface area contributed by atoms with Crippen LogP contribution in [0.1, 0.15) is 12.0 Å². The molecule has 5 nitrogen and oxygen atoms in total. The maximum Gasteiger partial charge on any atom is 0.0726 e. The van der Waals surface area contributed by atoms with Crippen LogP contribution in [-0.4, -0.2) is 54.1 Å². The van der Waals surface area contributed by atoms with Crippen molar-refractivity contribution in [1.29, 1.82) is 0 Å². The molecule has 1 N–H and O–H groups in total. The lowest BCUT2D eigenvalue weighted by molar-refractivity contribution is 0.0378. The van der Waals surface area contributed by atoms with Gasteiger partial charge in [0.2, 0.25) is 0 Å². The number of rotatable bonds is 7. The smallest absolute Gasteiger partial charge is 0.0726 e. The van der Waals surface area contributed by atoms with Crippen LogP contribution in [-0.2, 0) is 11.3 Å². The standard InChI is InChI=1S/C17H24N4O/c1-2-5-16(6-3-1)14-21-15-17(13-19-21)18-7-4-8-20-9-11-22-12-10-20/h1-3,5-6,13,15,18H,4,7-12,14H2. The monoisotopic (exact) mass is 300 g/mol. The van der Waals surface area contributed by atoms with Crippen LogP contribution in [0.25, 0.3) is 0 Å². The van der Waals surface area contributed by atoms with E-state index in [2.05, 4.69) is 45.8 Å². The molecule has 118 valence electrons. The van der Waals surface area contributed by atoms with Crippen molar-refractivity contribution in [2.75, 3.05) is 44.7 Å². The number of morpholine rings is 1. The van der Waals surface area contributed by atoms with E-state index in [9.17, 15) is 0 Å². The van der Waals surface area contributed by atoms with Crippen molar-refractivity contribution in [3.63, 3.8) is 0 Å². The van der Waals surface area contributed by atoms with Crippen molar-refractivity contribution in [3.05, 3.63) is 48.3 Å². The minimum absolute atomic E-state index is 0.816. The molecule has 1 saturated heterocycles. The summed E-state index contributed by atoms with van der Waals surface area (Å²) in [5.41, 5.74) is 2.36. The summed E-state index contributed by atoms with van der Waals surface area (Å²) in [5, 5.41) is 7.86. The van der Waals surface area contributed by atoms with Crippen LogP contribution >= 0.6 is 0 Å². The summed E-state index contributed by atoms with van der Waals surface area (Å²) >= 11 is 0. The third-order valence-electron chi connectivity index (χ3n) is 3.90. The third kappa shape index (κ3) is 4.58. The molecular weight excluding hydrogens is 276 g/mol. The normalized spacial score (nSPS) is 15.8. The number of nitrogens with one attached hydrogen (secondary N) is 1. The zero-order valence-corrected chi connectivity index (χ0v) is 12.9. The van der Waals surface area contributed by atoms with Gasteiger partial charge in [0.1, 0.15) is 0 Å². The summed E-state index contributed by atoms with van der Waals surface area (Å²) in [5.74, 6) is 0. The summed E-state index contributed by atoms with van der Waals surface area (Å²) in [7, 11) is 0. The van der Waals surface area contributed by atoms with Crippen LogP contribution in [0.4, 0.5) is 5.69 Å². The number of anilines is 1. The van der Waals surface area contributed by atoms with E-state index in [0.717, 1.165) is 58.0 Å². The first kappa shape index (κ1) is 15.1. The van der Waals surface area contributed by atoms with Crippen LogP contribution in [0, 0.1) is 0 Å².